The molecule has 0 spiro atoms. The van der Waals surface area contributed by atoms with E-state index in [0.29, 0.717) is 16.9 Å². The van der Waals surface area contributed by atoms with Crippen LogP contribution in [0.1, 0.15) is 78.6 Å². The molecule has 7 atom stereocenters. The minimum atomic E-state index is 0.530. The lowest BCUT2D eigenvalue weighted by atomic mass is 9.47. The molecular formula is C21H36N+. The zero-order chi connectivity index (χ0) is 15.5. The first-order valence-electron chi connectivity index (χ1n) is 10.0. The molecule has 3 fully saturated rings. The SMILES string of the molecule is CC[C@H]1CC[C@H]2[C@@H]3CC=C4C[C@H]([NH3+])CC[C@]4(C)[C@H]3CC[C@]12C. The molecule has 0 aromatic heterocycles. The second kappa shape index (κ2) is 5.10. The number of fused-ring (bicyclic) bond motifs is 5. The van der Waals surface area contributed by atoms with Crippen LogP contribution >= 0.6 is 0 Å². The number of allylic oxidation sites excluding steroid dienone is 1. The van der Waals surface area contributed by atoms with Crippen molar-refractivity contribution in [2.75, 3.05) is 0 Å². The predicted octanol–water partition coefficient (Wildman–Crippen LogP) is 4.59. The van der Waals surface area contributed by atoms with Gasteiger partial charge in [0.05, 0.1) is 6.04 Å². The molecule has 0 heterocycles. The van der Waals surface area contributed by atoms with Gasteiger partial charge in [-0.05, 0) is 73.0 Å². The highest BCUT2D eigenvalue weighted by Gasteiger charge is 2.58. The van der Waals surface area contributed by atoms with E-state index in [1.807, 2.05) is 0 Å². The van der Waals surface area contributed by atoms with Crippen molar-refractivity contribution in [3.8, 4) is 0 Å². The van der Waals surface area contributed by atoms with Crippen molar-refractivity contribution in [1.82, 2.24) is 0 Å². The first-order valence-corrected chi connectivity index (χ1v) is 10.0. The predicted molar refractivity (Wildman–Crippen MR) is 92.2 cm³/mol. The molecule has 124 valence electrons. The van der Waals surface area contributed by atoms with E-state index in [2.05, 4.69) is 32.6 Å². The van der Waals surface area contributed by atoms with Crippen molar-refractivity contribution >= 4 is 0 Å². The van der Waals surface area contributed by atoms with Crippen LogP contribution < -0.4 is 5.73 Å². The molecule has 4 aliphatic carbocycles. The topological polar surface area (TPSA) is 27.6 Å². The van der Waals surface area contributed by atoms with Gasteiger partial charge in [0.2, 0.25) is 0 Å². The largest absolute Gasteiger partial charge is 0.355 e. The Hall–Kier alpha value is -0.300. The maximum atomic E-state index is 4.37. The van der Waals surface area contributed by atoms with Crippen LogP contribution in [0.3, 0.4) is 0 Å². The molecule has 0 aromatic rings. The van der Waals surface area contributed by atoms with Crippen molar-refractivity contribution in [2.45, 2.75) is 84.6 Å². The molecule has 0 amide bonds. The van der Waals surface area contributed by atoms with Gasteiger partial charge in [0.15, 0.2) is 0 Å². The Labute approximate surface area is 137 Å². The maximum absolute atomic E-state index is 4.37. The highest BCUT2D eigenvalue weighted by atomic mass is 14.7. The monoisotopic (exact) mass is 302 g/mol. The third-order valence-electron chi connectivity index (χ3n) is 8.90. The average molecular weight is 303 g/mol. The lowest BCUT2D eigenvalue weighted by Crippen LogP contribution is -2.64. The van der Waals surface area contributed by atoms with Gasteiger partial charge in [-0.25, -0.2) is 0 Å². The molecule has 0 radical (unpaired) electrons. The summed E-state index contributed by atoms with van der Waals surface area (Å²) in [6.45, 7) is 7.71. The van der Waals surface area contributed by atoms with Crippen LogP contribution in [0.4, 0.5) is 0 Å². The molecule has 1 nitrogen and oxygen atoms in total. The van der Waals surface area contributed by atoms with Crippen molar-refractivity contribution in [3.63, 3.8) is 0 Å². The Balaban J connectivity index is 1.66. The van der Waals surface area contributed by atoms with Crippen molar-refractivity contribution in [2.24, 2.45) is 34.5 Å². The Morgan fingerprint density at radius 1 is 1.09 bits per heavy atom. The summed E-state index contributed by atoms with van der Waals surface area (Å²) in [4.78, 5) is 0. The van der Waals surface area contributed by atoms with Crippen molar-refractivity contribution in [1.29, 1.82) is 0 Å². The van der Waals surface area contributed by atoms with Crippen molar-refractivity contribution < 1.29 is 5.73 Å². The smallest absolute Gasteiger partial charge is 0.0881 e. The molecule has 3 saturated carbocycles. The van der Waals surface area contributed by atoms with Crippen LogP contribution in [-0.2, 0) is 0 Å². The van der Waals surface area contributed by atoms with Crippen LogP contribution in [0.5, 0.6) is 0 Å². The Morgan fingerprint density at radius 2 is 1.91 bits per heavy atom. The third kappa shape index (κ3) is 1.93. The van der Waals surface area contributed by atoms with Gasteiger partial charge in [-0.15, -0.1) is 0 Å². The normalized spacial score (nSPS) is 54.2. The highest BCUT2D eigenvalue weighted by Crippen LogP contribution is 2.66. The summed E-state index contributed by atoms with van der Waals surface area (Å²) in [7, 11) is 0. The number of rotatable bonds is 1. The quantitative estimate of drug-likeness (QED) is 0.686. The summed E-state index contributed by atoms with van der Waals surface area (Å²) in [5.74, 6) is 4.00. The maximum Gasteiger partial charge on any atom is 0.0881 e. The van der Waals surface area contributed by atoms with E-state index in [4.69, 9.17) is 0 Å². The molecule has 4 rings (SSSR count). The minimum Gasteiger partial charge on any atom is -0.355 e. The summed E-state index contributed by atoms with van der Waals surface area (Å²) in [6, 6.07) is 0.681. The van der Waals surface area contributed by atoms with E-state index in [-0.39, 0.29) is 0 Å². The third-order valence-corrected chi connectivity index (χ3v) is 8.90. The second-order valence-electron chi connectivity index (χ2n) is 9.60. The Morgan fingerprint density at radius 3 is 2.68 bits per heavy atom. The van der Waals surface area contributed by atoms with E-state index in [0.717, 1.165) is 23.7 Å². The summed E-state index contributed by atoms with van der Waals surface area (Å²) in [5.41, 5.74) is 7.37. The first kappa shape index (κ1) is 15.2. The number of hydrogen-bond acceptors (Lipinski definition) is 0. The van der Waals surface area contributed by atoms with Crippen LogP contribution in [-0.4, -0.2) is 6.04 Å². The molecule has 3 N–H and O–H groups in total. The summed E-state index contributed by atoms with van der Waals surface area (Å²) in [5, 5.41) is 0. The van der Waals surface area contributed by atoms with Crippen LogP contribution in [0, 0.1) is 34.5 Å². The molecule has 22 heavy (non-hydrogen) atoms. The average Bonchev–Trinajstić information content (AvgIpc) is 2.84. The zero-order valence-corrected chi connectivity index (χ0v) is 15.0. The van der Waals surface area contributed by atoms with E-state index in [9.17, 15) is 0 Å². The molecular weight excluding hydrogens is 266 g/mol. The van der Waals surface area contributed by atoms with Gasteiger partial charge in [-0.3, -0.25) is 0 Å². The molecule has 0 bridgehead atoms. The standard InChI is InChI=1S/C21H35N/c1-4-14-6-8-18-17-7-5-15-13-16(22)9-11-21(15,3)19(17)10-12-20(14,18)2/h5,14,16-19H,4,6-13,22H2,1-3H3/p+1/t14-,16+,17-,18-,19-,20+,21-/m0/s1. The van der Waals surface area contributed by atoms with Crippen molar-refractivity contribution in [3.05, 3.63) is 11.6 Å². The van der Waals surface area contributed by atoms with Gasteiger partial charge in [0.25, 0.3) is 0 Å². The fraction of sp³-hybridized carbons (Fsp3) is 0.905. The minimum absolute atomic E-state index is 0.530. The summed E-state index contributed by atoms with van der Waals surface area (Å²) in [6.07, 6.45) is 15.6. The summed E-state index contributed by atoms with van der Waals surface area (Å²) >= 11 is 0. The van der Waals surface area contributed by atoms with E-state index in [1.54, 1.807) is 5.57 Å². The fourth-order valence-electron chi connectivity index (χ4n) is 7.52. The molecule has 1 heteroatoms. The van der Waals surface area contributed by atoms with E-state index >= 15 is 0 Å². The number of hydrogen-bond donors (Lipinski definition) is 1. The zero-order valence-electron chi connectivity index (χ0n) is 15.0. The molecule has 4 aliphatic rings. The summed E-state index contributed by atoms with van der Waals surface area (Å²) < 4.78 is 0. The van der Waals surface area contributed by atoms with Gasteiger partial charge >= 0.3 is 0 Å². The molecule has 0 saturated heterocycles. The Bertz CT molecular complexity index is 480. The Kier molecular flexibility index (Phi) is 3.53. The second-order valence-corrected chi connectivity index (χ2v) is 9.60. The van der Waals surface area contributed by atoms with Gasteiger partial charge < -0.3 is 5.73 Å². The van der Waals surface area contributed by atoms with Crippen LogP contribution in [0.25, 0.3) is 0 Å². The highest BCUT2D eigenvalue weighted by molar-refractivity contribution is 5.25. The van der Waals surface area contributed by atoms with E-state index < -0.39 is 0 Å². The lowest BCUT2D eigenvalue weighted by Gasteiger charge is -2.57. The molecule has 0 aliphatic heterocycles. The van der Waals surface area contributed by atoms with Gasteiger partial charge in [-0.2, -0.15) is 0 Å². The number of quaternary nitrogens is 1. The van der Waals surface area contributed by atoms with Gasteiger partial charge in [-0.1, -0.05) is 38.8 Å². The van der Waals surface area contributed by atoms with Gasteiger partial charge in [0, 0.05) is 12.8 Å². The van der Waals surface area contributed by atoms with Crippen LogP contribution in [0.2, 0.25) is 0 Å². The van der Waals surface area contributed by atoms with Crippen LogP contribution in [0.15, 0.2) is 11.6 Å². The van der Waals surface area contributed by atoms with E-state index in [1.165, 1.54) is 57.8 Å². The molecule has 0 aromatic carbocycles. The fourth-order valence-corrected chi connectivity index (χ4v) is 7.52. The molecule has 0 unspecified atom stereocenters. The van der Waals surface area contributed by atoms with Gasteiger partial charge in [0.1, 0.15) is 0 Å². The lowest BCUT2D eigenvalue weighted by molar-refractivity contribution is -0.425. The first-order chi connectivity index (χ1) is 10.5.